The van der Waals surface area contributed by atoms with Gasteiger partial charge in [0.25, 0.3) is 0 Å². The second-order valence-electron chi connectivity index (χ2n) is 4.51. The Bertz CT molecular complexity index is 325. The van der Waals surface area contributed by atoms with E-state index in [0.29, 0.717) is 0 Å². The zero-order valence-electron chi connectivity index (χ0n) is 9.66. The number of likely N-dealkylation sites (N-methyl/N-ethyl adjacent to an activating group) is 1. The van der Waals surface area contributed by atoms with E-state index in [1.165, 1.54) is 24.1 Å². The van der Waals surface area contributed by atoms with Crippen molar-refractivity contribution in [3.63, 3.8) is 0 Å². The minimum atomic E-state index is 0.268. The summed E-state index contributed by atoms with van der Waals surface area (Å²) in [6, 6.07) is 8.75. The summed E-state index contributed by atoms with van der Waals surface area (Å²) in [5.41, 5.74) is 8.76. The SMILES string of the molecule is CCN(c1ccc(C)cc1)C1(CN)CC1. The Balaban J connectivity index is 2.23. The van der Waals surface area contributed by atoms with Crippen LogP contribution in [-0.4, -0.2) is 18.6 Å². The van der Waals surface area contributed by atoms with Crippen LogP contribution in [0.5, 0.6) is 0 Å². The van der Waals surface area contributed by atoms with E-state index in [9.17, 15) is 0 Å². The maximum Gasteiger partial charge on any atom is 0.0525 e. The smallest absolute Gasteiger partial charge is 0.0525 e. The zero-order chi connectivity index (χ0) is 10.9. The number of anilines is 1. The molecular formula is C13H20N2. The fourth-order valence-electron chi connectivity index (χ4n) is 2.25. The van der Waals surface area contributed by atoms with E-state index in [-0.39, 0.29) is 5.54 Å². The van der Waals surface area contributed by atoms with E-state index in [0.717, 1.165) is 13.1 Å². The Morgan fingerprint density at radius 3 is 2.27 bits per heavy atom. The molecule has 0 atom stereocenters. The van der Waals surface area contributed by atoms with Crippen molar-refractivity contribution in [2.45, 2.75) is 32.2 Å². The van der Waals surface area contributed by atoms with E-state index in [1.807, 2.05) is 0 Å². The predicted molar refractivity (Wildman–Crippen MR) is 65.2 cm³/mol. The van der Waals surface area contributed by atoms with Gasteiger partial charge in [0.15, 0.2) is 0 Å². The van der Waals surface area contributed by atoms with Crippen molar-refractivity contribution in [2.75, 3.05) is 18.0 Å². The molecule has 0 aromatic heterocycles. The molecule has 2 N–H and O–H groups in total. The predicted octanol–water partition coefficient (Wildman–Crippen LogP) is 2.31. The number of aryl methyl sites for hydroxylation is 1. The molecule has 0 aliphatic heterocycles. The average molecular weight is 204 g/mol. The molecule has 1 aromatic carbocycles. The van der Waals surface area contributed by atoms with Crippen molar-refractivity contribution < 1.29 is 0 Å². The average Bonchev–Trinajstić information content (AvgIpc) is 3.03. The van der Waals surface area contributed by atoms with Crippen LogP contribution >= 0.6 is 0 Å². The molecule has 0 heterocycles. The molecule has 1 aliphatic rings. The van der Waals surface area contributed by atoms with Crippen LogP contribution < -0.4 is 10.6 Å². The summed E-state index contributed by atoms with van der Waals surface area (Å²) in [5.74, 6) is 0. The van der Waals surface area contributed by atoms with Crippen LogP contribution in [0.1, 0.15) is 25.3 Å². The van der Waals surface area contributed by atoms with Crippen molar-refractivity contribution in [3.05, 3.63) is 29.8 Å². The van der Waals surface area contributed by atoms with E-state index in [1.54, 1.807) is 0 Å². The molecule has 0 spiro atoms. The highest BCUT2D eigenvalue weighted by Gasteiger charge is 2.46. The standard InChI is InChI=1S/C13H20N2/c1-3-15(13(10-14)8-9-13)12-6-4-11(2)5-7-12/h4-7H,3,8-10,14H2,1-2H3. The molecule has 1 saturated carbocycles. The normalized spacial score (nSPS) is 17.5. The highest BCUT2D eigenvalue weighted by molar-refractivity contribution is 5.52. The van der Waals surface area contributed by atoms with Gasteiger partial charge in [-0.2, -0.15) is 0 Å². The van der Waals surface area contributed by atoms with Gasteiger partial charge in [0.1, 0.15) is 0 Å². The lowest BCUT2D eigenvalue weighted by atomic mass is 10.1. The van der Waals surface area contributed by atoms with E-state index < -0.39 is 0 Å². The molecule has 1 aromatic rings. The summed E-state index contributed by atoms with van der Waals surface area (Å²) in [6.07, 6.45) is 2.48. The number of nitrogens with zero attached hydrogens (tertiary/aromatic N) is 1. The lowest BCUT2D eigenvalue weighted by molar-refractivity contribution is 0.603. The van der Waals surface area contributed by atoms with Crippen LogP contribution in [0, 0.1) is 6.92 Å². The van der Waals surface area contributed by atoms with Gasteiger partial charge in [-0.05, 0) is 38.8 Å². The first-order valence-corrected chi connectivity index (χ1v) is 5.76. The first-order chi connectivity index (χ1) is 7.22. The van der Waals surface area contributed by atoms with E-state index in [4.69, 9.17) is 5.73 Å². The van der Waals surface area contributed by atoms with Gasteiger partial charge in [-0.25, -0.2) is 0 Å². The number of nitrogens with two attached hydrogens (primary N) is 1. The molecule has 0 saturated heterocycles. The highest BCUT2D eigenvalue weighted by atomic mass is 15.2. The first kappa shape index (κ1) is 10.5. The van der Waals surface area contributed by atoms with Gasteiger partial charge >= 0.3 is 0 Å². The number of hydrogen-bond donors (Lipinski definition) is 1. The van der Waals surface area contributed by atoms with E-state index >= 15 is 0 Å². The fraction of sp³-hybridized carbons (Fsp3) is 0.538. The van der Waals surface area contributed by atoms with Crippen molar-refractivity contribution >= 4 is 5.69 Å². The van der Waals surface area contributed by atoms with Gasteiger partial charge < -0.3 is 10.6 Å². The third-order valence-corrected chi connectivity index (χ3v) is 3.44. The molecule has 1 aliphatic carbocycles. The van der Waals surface area contributed by atoms with Crippen molar-refractivity contribution in [2.24, 2.45) is 5.73 Å². The topological polar surface area (TPSA) is 29.3 Å². The van der Waals surface area contributed by atoms with Gasteiger partial charge in [-0.1, -0.05) is 17.7 Å². The second-order valence-corrected chi connectivity index (χ2v) is 4.51. The van der Waals surface area contributed by atoms with Gasteiger partial charge in [-0.15, -0.1) is 0 Å². The molecule has 82 valence electrons. The molecule has 0 bridgehead atoms. The van der Waals surface area contributed by atoms with E-state index in [2.05, 4.69) is 43.0 Å². The molecule has 2 nitrogen and oxygen atoms in total. The Labute approximate surface area is 92.1 Å². The van der Waals surface area contributed by atoms with Crippen molar-refractivity contribution in [3.8, 4) is 0 Å². The molecule has 0 radical (unpaired) electrons. The minimum Gasteiger partial charge on any atom is -0.365 e. The van der Waals surface area contributed by atoms with Gasteiger partial charge in [0.05, 0.1) is 5.54 Å². The van der Waals surface area contributed by atoms with Gasteiger partial charge in [0.2, 0.25) is 0 Å². The fourth-order valence-corrected chi connectivity index (χ4v) is 2.25. The Hall–Kier alpha value is -1.02. The zero-order valence-corrected chi connectivity index (χ0v) is 9.66. The summed E-state index contributed by atoms with van der Waals surface area (Å²) >= 11 is 0. The third kappa shape index (κ3) is 1.86. The molecule has 0 unspecified atom stereocenters. The maximum absolute atomic E-state index is 5.87. The van der Waals surface area contributed by atoms with Crippen LogP contribution in [-0.2, 0) is 0 Å². The summed E-state index contributed by atoms with van der Waals surface area (Å²) in [5, 5.41) is 0. The largest absolute Gasteiger partial charge is 0.365 e. The Kier molecular flexibility index (Phi) is 2.70. The number of benzene rings is 1. The Morgan fingerprint density at radius 2 is 1.87 bits per heavy atom. The summed E-state index contributed by atoms with van der Waals surface area (Å²) in [4.78, 5) is 2.45. The van der Waals surface area contributed by atoms with Crippen LogP contribution in [0.25, 0.3) is 0 Å². The van der Waals surface area contributed by atoms with Crippen LogP contribution in [0.3, 0.4) is 0 Å². The number of rotatable bonds is 4. The molecule has 2 heteroatoms. The molecule has 2 rings (SSSR count). The van der Waals surface area contributed by atoms with Gasteiger partial charge in [-0.3, -0.25) is 0 Å². The monoisotopic (exact) mass is 204 g/mol. The quantitative estimate of drug-likeness (QED) is 0.815. The van der Waals surface area contributed by atoms with Crippen LogP contribution in [0.15, 0.2) is 24.3 Å². The third-order valence-electron chi connectivity index (χ3n) is 3.44. The second kappa shape index (κ2) is 3.86. The molecular weight excluding hydrogens is 184 g/mol. The maximum atomic E-state index is 5.87. The summed E-state index contributed by atoms with van der Waals surface area (Å²) in [7, 11) is 0. The first-order valence-electron chi connectivity index (χ1n) is 5.76. The Morgan fingerprint density at radius 1 is 1.27 bits per heavy atom. The summed E-state index contributed by atoms with van der Waals surface area (Å²) < 4.78 is 0. The van der Waals surface area contributed by atoms with Crippen LogP contribution in [0.2, 0.25) is 0 Å². The van der Waals surface area contributed by atoms with Crippen molar-refractivity contribution in [1.29, 1.82) is 0 Å². The van der Waals surface area contributed by atoms with Crippen molar-refractivity contribution in [1.82, 2.24) is 0 Å². The number of hydrogen-bond acceptors (Lipinski definition) is 2. The highest BCUT2D eigenvalue weighted by Crippen LogP contribution is 2.43. The summed E-state index contributed by atoms with van der Waals surface area (Å²) in [6.45, 7) is 6.14. The lowest BCUT2D eigenvalue weighted by Gasteiger charge is -2.32. The van der Waals surface area contributed by atoms with Gasteiger partial charge in [0, 0.05) is 18.8 Å². The molecule has 15 heavy (non-hydrogen) atoms. The molecule has 1 fully saturated rings. The molecule has 0 amide bonds. The minimum absolute atomic E-state index is 0.268. The lowest BCUT2D eigenvalue weighted by Crippen LogP contribution is -2.43. The van der Waals surface area contributed by atoms with Crippen LogP contribution in [0.4, 0.5) is 5.69 Å².